The van der Waals surface area contributed by atoms with Crippen LogP contribution in [0, 0.1) is 0 Å². The first-order valence-electron chi connectivity index (χ1n) is 5.28. The van der Waals surface area contributed by atoms with E-state index in [4.69, 9.17) is 16.7 Å². The van der Waals surface area contributed by atoms with Gasteiger partial charge in [0.15, 0.2) is 0 Å². The summed E-state index contributed by atoms with van der Waals surface area (Å²) >= 11 is 5.95. The van der Waals surface area contributed by atoms with Gasteiger partial charge in [-0.2, -0.15) is 0 Å². The molecule has 2 N–H and O–H groups in total. The van der Waals surface area contributed by atoms with Gasteiger partial charge in [0.05, 0.1) is 12.2 Å². The number of rotatable bonds is 6. The number of carboxylic acid groups (broad SMARTS) is 1. The molecule has 100 valence electrons. The fourth-order valence-electron chi connectivity index (χ4n) is 1.44. The quantitative estimate of drug-likeness (QED) is 0.837. The van der Waals surface area contributed by atoms with Crippen molar-refractivity contribution in [3.63, 3.8) is 0 Å². The van der Waals surface area contributed by atoms with Crippen LogP contribution in [0.2, 0.25) is 5.02 Å². The summed E-state index contributed by atoms with van der Waals surface area (Å²) in [5.41, 5.74) is 0.651. The van der Waals surface area contributed by atoms with Crippen molar-refractivity contribution in [3.05, 3.63) is 34.9 Å². The molecule has 0 bridgehead atoms. The number of benzene rings is 1. The van der Waals surface area contributed by atoms with Crippen molar-refractivity contribution < 1.29 is 18.3 Å². The van der Waals surface area contributed by atoms with E-state index < -0.39 is 34.2 Å². The van der Waals surface area contributed by atoms with E-state index in [9.17, 15) is 13.2 Å². The van der Waals surface area contributed by atoms with Gasteiger partial charge < -0.3 is 5.11 Å². The van der Waals surface area contributed by atoms with Crippen molar-refractivity contribution in [2.24, 2.45) is 0 Å². The number of sulfonamides is 1. The highest BCUT2D eigenvalue weighted by atomic mass is 35.5. The second kappa shape index (κ2) is 6.17. The number of halogens is 1. The van der Waals surface area contributed by atoms with Gasteiger partial charge in [0, 0.05) is 11.1 Å². The van der Waals surface area contributed by atoms with E-state index in [-0.39, 0.29) is 0 Å². The molecule has 1 rings (SSSR count). The lowest BCUT2D eigenvalue weighted by molar-refractivity contribution is -0.136. The van der Waals surface area contributed by atoms with Crippen molar-refractivity contribution in [1.29, 1.82) is 0 Å². The minimum absolute atomic E-state index is 0.426. The number of carbonyl (C=O) groups is 1. The molecule has 0 unspecified atom stereocenters. The first kappa shape index (κ1) is 14.9. The second-order valence-electron chi connectivity index (χ2n) is 3.82. The third-order valence-electron chi connectivity index (χ3n) is 2.31. The van der Waals surface area contributed by atoms with Gasteiger partial charge in [-0.1, -0.05) is 29.8 Å². The SMILES string of the molecule is C[C@H](NS(=O)(=O)CCC(=O)O)c1ccccc1Cl. The summed E-state index contributed by atoms with van der Waals surface area (Å²) in [6.45, 7) is 1.65. The van der Waals surface area contributed by atoms with Crippen molar-refractivity contribution in [2.75, 3.05) is 5.75 Å². The monoisotopic (exact) mass is 291 g/mol. The molecule has 0 saturated carbocycles. The maximum Gasteiger partial charge on any atom is 0.304 e. The van der Waals surface area contributed by atoms with E-state index in [1.165, 1.54) is 0 Å². The molecule has 7 heteroatoms. The first-order chi connectivity index (χ1) is 8.32. The zero-order valence-corrected chi connectivity index (χ0v) is 11.3. The lowest BCUT2D eigenvalue weighted by atomic mass is 10.1. The molecule has 0 aliphatic carbocycles. The third kappa shape index (κ3) is 4.64. The summed E-state index contributed by atoms with van der Waals surface area (Å²) in [5, 5.41) is 8.92. The highest BCUT2D eigenvalue weighted by molar-refractivity contribution is 7.89. The molecule has 0 saturated heterocycles. The van der Waals surface area contributed by atoms with E-state index in [1.807, 2.05) is 0 Å². The molecule has 1 aromatic rings. The Labute approximate surface area is 111 Å². The number of aliphatic carboxylic acids is 1. The van der Waals surface area contributed by atoms with Crippen molar-refractivity contribution in [2.45, 2.75) is 19.4 Å². The van der Waals surface area contributed by atoms with Crippen LogP contribution in [-0.4, -0.2) is 25.2 Å². The first-order valence-corrected chi connectivity index (χ1v) is 7.31. The Morgan fingerprint density at radius 2 is 2.06 bits per heavy atom. The fourth-order valence-corrected chi connectivity index (χ4v) is 2.97. The Bertz CT molecular complexity index is 530. The molecule has 5 nitrogen and oxygen atoms in total. The average Bonchev–Trinajstić information content (AvgIpc) is 2.26. The van der Waals surface area contributed by atoms with Gasteiger partial charge in [0.2, 0.25) is 10.0 Å². The van der Waals surface area contributed by atoms with Crippen LogP contribution >= 0.6 is 11.6 Å². The molecule has 0 fully saturated rings. The third-order valence-corrected chi connectivity index (χ3v) is 4.11. The fraction of sp³-hybridized carbons (Fsp3) is 0.364. The van der Waals surface area contributed by atoms with Gasteiger partial charge >= 0.3 is 5.97 Å². The normalized spacial score (nSPS) is 13.2. The molecule has 0 aromatic heterocycles. The molecule has 0 heterocycles. The van der Waals surface area contributed by atoms with E-state index >= 15 is 0 Å². The molecule has 0 aliphatic heterocycles. The van der Waals surface area contributed by atoms with Crippen molar-refractivity contribution in [1.82, 2.24) is 4.72 Å². The Morgan fingerprint density at radius 1 is 1.44 bits per heavy atom. The molecule has 0 radical (unpaired) electrons. The zero-order chi connectivity index (χ0) is 13.8. The van der Waals surface area contributed by atoms with Gasteiger partial charge in [-0.15, -0.1) is 0 Å². The van der Waals surface area contributed by atoms with Crippen LogP contribution < -0.4 is 4.72 Å². The molecule has 1 atom stereocenters. The molecular formula is C11H14ClNO4S. The largest absolute Gasteiger partial charge is 0.481 e. The number of nitrogens with one attached hydrogen (secondary N) is 1. The average molecular weight is 292 g/mol. The minimum atomic E-state index is -3.63. The van der Waals surface area contributed by atoms with E-state index in [0.29, 0.717) is 10.6 Å². The van der Waals surface area contributed by atoms with E-state index in [2.05, 4.69) is 4.72 Å². The van der Waals surface area contributed by atoms with Gasteiger partial charge in [-0.25, -0.2) is 13.1 Å². The summed E-state index contributed by atoms with van der Waals surface area (Å²) in [4.78, 5) is 10.3. The Kier molecular flexibility index (Phi) is 5.13. The van der Waals surface area contributed by atoms with Crippen LogP contribution in [0.1, 0.15) is 24.9 Å². The Hall–Kier alpha value is -1.11. The Balaban J connectivity index is 2.73. The van der Waals surface area contributed by atoms with Gasteiger partial charge in [0.25, 0.3) is 0 Å². The smallest absolute Gasteiger partial charge is 0.304 e. The number of carboxylic acids is 1. The number of hydrogen-bond acceptors (Lipinski definition) is 3. The van der Waals surface area contributed by atoms with E-state index in [1.54, 1.807) is 31.2 Å². The lowest BCUT2D eigenvalue weighted by Crippen LogP contribution is -2.30. The zero-order valence-electron chi connectivity index (χ0n) is 9.76. The van der Waals surface area contributed by atoms with Gasteiger partial charge in [-0.3, -0.25) is 4.79 Å². The van der Waals surface area contributed by atoms with Crippen molar-refractivity contribution >= 4 is 27.6 Å². The molecule has 18 heavy (non-hydrogen) atoms. The summed E-state index contributed by atoms with van der Waals surface area (Å²) in [5.74, 6) is -1.59. The maximum atomic E-state index is 11.6. The molecule has 1 aromatic carbocycles. The lowest BCUT2D eigenvalue weighted by Gasteiger charge is -2.15. The van der Waals surface area contributed by atoms with Crippen molar-refractivity contribution in [3.8, 4) is 0 Å². The van der Waals surface area contributed by atoms with Crippen LogP contribution in [0.3, 0.4) is 0 Å². The summed E-state index contributed by atoms with van der Waals surface area (Å²) in [6.07, 6.45) is -0.426. The van der Waals surface area contributed by atoms with Crippen LogP contribution in [0.5, 0.6) is 0 Å². The van der Waals surface area contributed by atoms with Crippen LogP contribution in [0.25, 0.3) is 0 Å². The highest BCUT2D eigenvalue weighted by Crippen LogP contribution is 2.22. The topological polar surface area (TPSA) is 83.5 Å². The van der Waals surface area contributed by atoms with Crippen LogP contribution in [-0.2, 0) is 14.8 Å². The molecule has 0 spiro atoms. The second-order valence-corrected chi connectivity index (χ2v) is 6.10. The standard InChI is InChI=1S/C11H14ClNO4S/c1-8(9-4-2-3-5-10(9)12)13-18(16,17)7-6-11(14)15/h2-5,8,13H,6-7H2,1H3,(H,14,15)/t8-/m0/s1. The summed E-state index contributed by atoms with van der Waals surface area (Å²) in [6, 6.07) is 6.38. The summed E-state index contributed by atoms with van der Waals surface area (Å²) in [7, 11) is -3.63. The van der Waals surface area contributed by atoms with E-state index in [0.717, 1.165) is 0 Å². The Morgan fingerprint density at radius 3 is 2.61 bits per heavy atom. The van der Waals surface area contributed by atoms with Crippen LogP contribution in [0.4, 0.5) is 0 Å². The minimum Gasteiger partial charge on any atom is -0.481 e. The highest BCUT2D eigenvalue weighted by Gasteiger charge is 2.18. The maximum absolute atomic E-state index is 11.6. The molecular weight excluding hydrogens is 278 g/mol. The molecule has 0 aliphatic rings. The predicted molar refractivity (Wildman–Crippen MR) is 69.0 cm³/mol. The van der Waals surface area contributed by atoms with Crippen LogP contribution in [0.15, 0.2) is 24.3 Å². The van der Waals surface area contributed by atoms with Gasteiger partial charge in [0.1, 0.15) is 0 Å². The molecule has 0 amide bonds. The van der Waals surface area contributed by atoms with Gasteiger partial charge in [-0.05, 0) is 18.6 Å². The predicted octanol–water partition coefficient (Wildman–Crippen LogP) is 1.80. The summed E-state index contributed by atoms with van der Waals surface area (Å²) < 4.78 is 25.6. The number of hydrogen-bond donors (Lipinski definition) is 2.